The van der Waals surface area contributed by atoms with Gasteiger partial charge in [-0.25, -0.2) is 19.1 Å². The average molecular weight is 292 g/mol. The molecule has 2 aromatic heterocycles. The monoisotopic (exact) mass is 292 g/mol. The van der Waals surface area contributed by atoms with Crippen LogP contribution in [0.25, 0.3) is 5.65 Å². The minimum atomic E-state index is -0.644. The van der Waals surface area contributed by atoms with E-state index in [-0.39, 0.29) is 5.56 Å². The highest BCUT2D eigenvalue weighted by Gasteiger charge is 2.19. The first-order valence-electron chi connectivity index (χ1n) is 6.22. The molecule has 1 amide bonds. The summed E-state index contributed by atoms with van der Waals surface area (Å²) >= 11 is 0. The number of hydrogen-bond acceptors (Lipinski definition) is 6. The minimum Gasteiger partial charge on any atom is -0.465 e. The number of carbonyl (C=O) groups is 2. The lowest BCUT2D eigenvalue weighted by molar-refractivity contribution is 0.0595. The van der Waals surface area contributed by atoms with E-state index in [1.54, 1.807) is 20.8 Å². The van der Waals surface area contributed by atoms with Crippen molar-refractivity contribution < 1.29 is 19.1 Å². The molecule has 0 aromatic carbocycles. The van der Waals surface area contributed by atoms with Crippen molar-refractivity contribution in [2.45, 2.75) is 26.4 Å². The molecule has 0 aliphatic carbocycles. The summed E-state index contributed by atoms with van der Waals surface area (Å²) in [7, 11) is 1.27. The Morgan fingerprint density at radius 2 is 2.05 bits per heavy atom. The molecule has 0 bridgehead atoms. The molecule has 21 heavy (non-hydrogen) atoms. The number of esters is 1. The van der Waals surface area contributed by atoms with Crippen LogP contribution in [-0.2, 0) is 9.47 Å². The van der Waals surface area contributed by atoms with Gasteiger partial charge in [0.05, 0.1) is 18.4 Å². The maximum absolute atomic E-state index is 11.8. The number of anilines is 1. The van der Waals surface area contributed by atoms with Gasteiger partial charge in [0.2, 0.25) is 0 Å². The van der Waals surface area contributed by atoms with Crippen molar-refractivity contribution in [2.75, 3.05) is 12.4 Å². The fourth-order valence-corrected chi connectivity index (χ4v) is 1.66. The van der Waals surface area contributed by atoms with Crippen LogP contribution in [0.4, 0.5) is 10.5 Å². The number of amides is 1. The van der Waals surface area contributed by atoms with Gasteiger partial charge < -0.3 is 9.47 Å². The summed E-state index contributed by atoms with van der Waals surface area (Å²) in [4.78, 5) is 27.5. The first kappa shape index (κ1) is 14.8. The second-order valence-corrected chi connectivity index (χ2v) is 5.29. The van der Waals surface area contributed by atoms with Crippen LogP contribution in [0.5, 0.6) is 0 Å². The standard InChI is InChI=1S/C13H16N4O4/c1-13(2,3)21-12(19)16-9-5-8(11(18)20-4)6-17-10(9)14-7-15-17/h5-7H,1-4H3,(H,16,19). The number of ether oxygens (including phenoxy) is 2. The number of rotatable bonds is 2. The van der Waals surface area contributed by atoms with Gasteiger partial charge in [-0.3, -0.25) is 5.32 Å². The van der Waals surface area contributed by atoms with Crippen LogP contribution in [0.3, 0.4) is 0 Å². The molecule has 0 aliphatic rings. The number of pyridine rings is 1. The predicted molar refractivity (Wildman–Crippen MR) is 74.2 cm³/mol. The summed E-state index contributed by atoms with van der Waals surface area (Å²) in [5.41, 5.74) is 0.313. The largest absolute Gasteiger partial charge is 0.465 e. The number of nitrogens with one attached hydrogen (secondary N) is 1. The van der Waals surface area contributed by atoms with Crippen LogP contribution in [0.1, 0.15) is 31.1 Å². The first-order valence-corrected chi connectivity index (χ1v) is 6.22. The van der Waals surface area contributed by atoms with E-state index in [0.29, 0.717) is 11.3 Å². The topological polar surface area (TPSA) is 94.8 Å². The Bertz CT molecular complexity index is 687. The Labute approximate surface area is 121 Å². The van der Waals surface area contributed by atoms with Gasteiger partial charge in [0.25, 0.3) is 0 Å². The second kappa shape index (κ2) is 5.39. The maximum Gasteiger partial charge on any atom is 0.412 e. The van der Waals surface area contributed by atoms with E-state index < -0.39 is 17.7 Å². The zero-order valence-electron chi connectivity index (χ0n) is 12.2. The van der Waals surface area contributed by atoms with E-state index in [2.05, 4.69) is 20.1 Å². The SMILES string of the molecule is COC(=O)c1cc(NC(=O)OC(C)(C)C)c2ncnn2c1. The van der Waals surface area contributed by atoms with E-state index in [1.165, 1.54) is 30.2 Å². The summed E-state index contributed by atoms with van der Waals surface area (Å²) in [6, 6.07) is 1.46. The van der Waals surface area contributed by atoms with Crippen molar-refractivity contribution in [3.63, 3.8) is 0 Å². The summed E-state index contributed by atoms with van der Waals surface area (Å²) in [6.07, 6.45) is 2.14. The molecule has 0 radical (unpaired) electrons. The van der Waals surface area contributed by atoms with Crippen LogP contribution in [0, 0.1) is 0 Å². The molecule has 2 heterocycles. The van der Waals surface area contributed by atoms with Gasteiger partial charge in [-0.05, 0) is 26.8 Å². The van der Waals surface area contributed by atoms with Crippen LogP contribution in [-0.4, -0.2) is 39.4 Å². The Balaban J connectivity index is 2.35. The molecule has 8 nitrogen and oxygen atoms in total. The molecular formula is C13H16N4O4. The second-order valence-electron chi connectivity index (χ2n) is 5.29. The van der Waals surface area contributed by atoms with Crippen LogP contribution < -0.4 is 5.32 Å². The molecule has 112 valence electrons. The maximum atomic E-state index is 11.8. The lowest BCUT2D eigenvalue weighted by Gasteiger charge is -2.19. The number of fused-ring (bicyclic) bond motifs is 1. The van der Waals surface area contributed by atoms with Crippen molar-refractivity contribution in [3.05, 3.63) is 24.2 Å². The Morgan fingerprint density at radius 3 is 2.67 bits per heavy atom. The van der Waals surface area contributed by atoms with Crippen LogP contribution in [0.2, 0.25) is 0 Å². The minimum absolute atomic E-state index is 0.238. The van der Waals surface area contributed by atoms with Gasteiger partial charge in [0.1, 0.15) is 11.9 Å². The average Bonchev–Trinajstić information content (AvgIpc) is 2.83. The fraction of sp³-hybridized carbons (Fsp3) is 0.385. The smallest absolute Gasteiger partial charge is 0.412 e. The molecular weight excluding hydrogens is 276 g/mol. The van der Waals surface area contributed by atoms with E-state index in [4.69, 9.17) is 4.74 Å². The van der Waals surface area contributed by atoms with Gasteiger partial charge >= 0.3 is 12.1 Å². The van der Waals surface area contributed by atoms with Gasteiger partial charge in [0, 0.05) is 6.20 Å². The predicted octanol–water partition coefficient (Wildman–Crippen LogP) is 1.86. The lowest BCUT2D eigenvalue weighted by Crippen LogP contribution is -2.27. The number of carbonyl (C=O) groups excluding carboxylic acids is 2. The summed E-state index contributed by atoms with van der Waals surface area (Å²) in [5.74, 6) is -0.542. The molecule has 8 heteroatoms. The van der Waals surface area contributed by atoms with Crippen molar-refractivity contribution >= 4 is 23.4 Å². The number of methoxy groups -OCH3 is 1. The lowest BCUT2D eigenvalue weighted by atomic mass is 10.2. The Morgan fingerprint density at radius 1 is 1.33 bits per heavy atom. The van der Waals surface area contributed by atoms with Crippen molar-refractivity contribution in [2.24, 2.45) is 0 Å². The van der Waals surface area contributed by atoms with Crippen molar-refractivity contribution in [3.8, 4) is 0 Å². The summed E-state index contributed by atoms with van der Waals surface area (Å²) in [5, 5.41) is 6.50. The van der Waals surface area contributed by atoms with Gasteiger partial charge in [-0.2, -0.15) is 5.10 Å². The van der Waals surface area contributed by atoms with Gasteiger partial charge in [0.15, 0.2) is 5.65 Å². The third kappa shape index (κ3) is 3.47. The Kier molecular flexibility index (Phi) is 3.79. The van der Waals surface area contributed by atoms with Gasteiger partial charge in [-0.1, -0.05) is 0 Å². The zero-order chi connectivity index (χ0) is 15.6. The van der Waals surface area contributed by atoms with Crippen LogP contribution >= 0.6 is 0 Å². The molecule has 2 rings (SSSR count). The molecule has 1 N–H and O–H groups in total. The normalized spacial score (nSPS) is 11.2. The van der Waals surface area contributed by atoms with E-state index in [0.717, 1.165) is 0 Å². The van der Waals surface area contributed by atoms with Crippen LogP contribution in [0.15, 0.2) is 18.6 Å². The van der Waals surface area contributed by atoms with E-state index in [1.807, 2.05) is 0 Å². The number of hydrogen-bond donors (Lipinski definition) is 1. The molecule has 0 aliphatic heterocycles. The molecule has 2 aromatic rings. The van der Waals surface area contributed by atoms with Gasteiger partial charge in [-0.15, -0.1) is 0 Å². The van der Waals surface area contributed by atoms with Crippen molar-refractivity contribution in [1.82, 2.24) is 14.6 Å². The van der Waals surface area contributed by atoms with E-state index in [9.17, 15) is 9.59 Å². The van der Waals surface area contributed by atoms with E-state index >= 15 is 0 Å². The zero-order valence-corrected chi connectivity index (χ0v) is 12.2. The fourth-order valence-electron chi connectivity index (χ4n) is 1.66. The Hall–Kier alpha value is -2.64. The number of aromatic nitrogens is 3. The quantitative estimate of drug-likeness (QED) is 0.849. The third-order valence-electron chi connectivity index (χ3n) is 2.43. The number of nitrogens with zero attached hydrogens (tertiary/aromatic N) is 3. The highest BCUT2D eigenvalue weighted by atomic mass is 16.6. The molecule has 0 spiro atoms. The molecule has 0 saturated carbocycles. The third-order valence-corrected chi connectivity index (χ3v) is 2.43. The van der Waals surface area contributed by atoms with Crippen molar-refractivity contribution in [1.29, 1.82) is 0 Å². The summed E-state index contributed by atoms with van der Waals surface area (Å²) < 4.78 is 11.2. The highest BCUT2D eigenvalue weighted by Crippen LogP contribution is 2.19. The highest BCUT2D eigenvalue weighted by molar-refractivity contribution is 5.95. The summed E-state index contributed by atoms with van der Waals surface area (Å²) in [6.45, 7) is 5.26. The molecule has 0 unspecified atom stereocenters. The molecule has 0 atom stereocenters. The molecule has 0 saturated heterocycles. The first-order chi connectivity index (χ1) is 9.80. The molecule has 0 fully saturated rings.